The van der Waals surface area contributed by atoms with Crippen molar-refractivity contribution in [3.63, 3.8) is 0 Å². The Morgan fingerprint density at radius 3 is 2.39 bits per heavy atom. The van der Waals surface area contributed by atoms with Gasteiger partial charge >= 0.3 is 6.09 Å². The molecule has 3 saturated heterocycles. The van der Waals surface area contributed by atoms with E-state index in [1.165, 1.54) is 0 Å². The number of anilines is 2. The number of pyridine rings is 1. The zero-order valence-electron chi connectivity index (χ0n) is 17.1. The molecule has 1 N–H and O–H groups in total. The summed E-state index contributed by atoms with van der Waals surface area (Å²) in [6.45, 7) is 4.70. The molecule has 8 heteroatoms. The SMILES string of the molecule is O=C(O)N1CC2CN(c3nccnc3C3CN(c4ccc5ccccc5n4)C3)CC2C1. The minimum atomic E-state index is -0.807. The van der Waals surface area contributed by atoms with E-state index in [1.54, 1.807) is 17.3 Å². The molecule has 3 aromatic rings. The molecule has 0 spiro atoms. The number of para-hydroxylation sites is 1. The van der Waals surface area contributed by atoms with E-state index in [9.17, 15) is 9.90 Å². The van der Waals surface area contributed by atoms with E-state index < -0.39 is 6.09 Å². The summed E-state index contributed by atoms with van der Waals surface area (Å²) in [4.78, 5) is 31.6. The third kappa shape index (κ3) is 3.13. The zero-order valence-corrected chi connectivity index (χ0v) is 17.1. The molecule has 3 aliphatic heterocycles. The molecule has 2 atom stereocenters. The molecule has 0 saturated carbocycles. The van der Waals surface area contributed by atoms with Crippen LogP contribution in [0.2, 0.25) is 0 Å². The molecule has 1 amide bonds. The van der Waals surface area contributed by atoms with E-state index in [-0.39, 0.29) is 0 Å². The van der Waals surface area contributed by atoms with Crippen LogP contribution in [-0.4, -0.2) is 70.3 Å². The summed E-state index contributed by atoms with van der Waals surface area (Å²) in [5.41, 5.74) is 2.07. The van der Waals surface area contributed by atoms with E-state index in [0.29, 0.717) is 30.8 Å². The number of amides is 1. The maximum Gasteiger partial charge on any atom is 0.407 e. The van der Waals surface area contributed by atoms with E-state index in [4.69, 9.17) is 9.97 Å². The molecule has 158 valence electrons. The summed E-state index contributed by atoms with van der Waals surface area (Å²) in [7, 11) is 0. The highest BCUT2D eigenvalue weighted by molar-refractivity contribution is 5.80. The van der Waals surface area contributed by atoms with Gasteiger partial charge in [0.05, 0.1) is 11.2 Å². The third-order valence-corrected chi connectivity index (χ3v) is 6.94. The molecule has 5 heterocycles. The van der Waals surface area contributed by atoms with Crippen molar-refractivity contribution in [2.24, 2.45) is 11.8 Å². The first-order valence-corrected chi connectivity index (χ1v) is 10.8. The van der Waals surface area contributed by atoms with Crippen LogP contribution in [-0.2, 0) is 0 Å². The summed E-state index contributed by atoms with van der Waals surface area (Å²) in [6, 6.07) is 12.4. The second-order valence-electron chi connectivity index (χ2n) is 8.84. The monoisotopic (exact) mass is 416 g/mol. The van der Waals surface area contributed by atoms with E-state index >= 15 is 0 Å². The molecular formula is C23H24N6O2. The number of fused-ring (bicyclic) bond motifs is 2. The highest BCUT2D eigenvalue weighted by Gasteiger charge is 2.43. The molecule has 0 bridgehead atoms. The van der Waals surface area contributed by atoms with Gasteiger partial charge in [0, 0.05) is 74.8 Å². The van der Waals surface area contributed by atoms with Crippen molar-refractivity contribution in [1.29, 1.82) is 0 Å². The van der Waals surface area contributed by atoms with Gasteiger partial charge in [-0.05, 0) is 18.2 Å². The van der Waals surface area contributed by atoms with Gasteiger partial charge in [0.15, 0.2) is 5.82 Å². The summed E-state index contributed by atoms with van der Waals surface area (Å²) in [5.74, 6) is 3.06. The maximum absolute atomic E-state index is 11.3. The van der Waals surface area contributed by atoms with Crippen molar-refractivity contribution in [3.8, 4) is 0 Å². The minimum absolute atomic E-state index is 0.327. The Morgan fingerprint density at radius 1 is 0.871 bits per heavy atom. The van der Waals surface area contributed by atoms with Crippen molar-refractivity contribution < 1.29 is 9.90 Å². The second kappa shape index (κ2) is 7.08. The van der Waals surface area contributed by atoms with Crippen LogP contribution in [0.3, 0.4) is 0 Å². The lowest BCUT2D eigenvalue weighted by Gasteiger charge is -2.40. The molecule has 0 radical (unpaired) electrons. The number of likely N-dealkylation sites (tertiary alicyclic amines) is 1. The fourth-order valence-electron chi connectivity index (χ4n) is 5.27. The smallest absolute Gasteiger partial charge is 0.407 e. The lowest BCUT2D eigenvalue weighted by atomic mass is 9.95. The zero-order chi connectivity index (χ0) is 20.9. The van der Waals surface area contributed by atoms with Gasteiger partial charge < -0.3 is 19.8 Å². The van der Waals surface area contributed by atoms with E-state index in [0.717, 1.165) is 54.4 Å². The Kier molecular flexibility index (Phi) is 4.19. The van der Waals surface area contributed by atoms with Crippen LogP contribution in [0.1, 0.15) is 11.6 Å². The molecule has 6 rings (SSSR count). The fraction of sp³-hybridized carbons (Fsp3) is 0.391. The molecule has 2 unspecified atom stereocenters. The lowest BCUT2D eigenvalue weighted by Crippen LogP contribution is -2.46. The molecule has 3 aliphatic rings. The Labute approximate surface area is 180 Å². The second-order valence-corrected chi connectivity index (χ2v) is 8.84. The van der Waals surface area contributed by atoms with Crippen molar-refractivity contribution in [2.45, 2.75) is 5.92 Å². The summed E-state index contributed by atoms with van der Waals surface area (Å²) >= 11 is 0. The molecule has 3 fully saturated rings. The van der Waals surface area contributed by atoms with Gasteiger partial charge in [0.1, 0.15) is 5.82 Å². The summed E-state index contributed by atoms with van der Waals surface area (Å²) in [5, 5.41) is 10.4. The number of carbonyl (C=O) groups is 1. The summed E-state index contributed by atoms with van der Waals surface area (Å²) < 4.78 is 0. The number of hydrogen-bond acceptors (Lipinski definition) is 6. The number of nitrogens with zero attached hydrogens (tertiary/aromatic N) is 6. The predicted octanol–water partition coefficient (Wildman–Crippen LogP) is 2.67. The Balaban J connectivity index is 1.17. The van der Waals surface area contributed by atoms with E-state index in [1.807, 2.05) is 18.2 Å². The van der Waals surface area contributed by atoms with Crippen LogP contribution in [0, 0.1) is 11.8 Å². The highest BCUT2D eigenvalue weighted by Crippen LogP contribution is 2.38. The normalized spacial score (nSPS) is 23.3. The van der Waals surface area contributed by atoms with Crippen molar-refractivity contribution >= 4 is 28.6 Å². The standard InChI is InChI=1S/C23H24N6O2/c30-23(31)29-11-16-9-28(10-17(16)12-29)22-21(24-7-8-25-22)18-13-27(14-18)20-6-5-15-3-1-2-4-19(15)26-20/h1-8,16-18H,9-14H2,(H,30,31). The maximum atomic E-state index is 11.3. The fourth-order valence-corrected chi connectivity index (χ4v) is 5.27. The molecule has 8 nitrogen and oxygen atoms in total. The van der Waals surface area contributed by atoms with Gasteiger partial charge in [0.25, 0.3) is 0 Å². The van der Waals surface area contributed by atoms with Crippen molar-refractivity contribution in [2.75, 3.05) is 49.1 Å². The number of aromatic nitrogens is 3. The van der Waals surface area contributed by atoms with Crippen LogP contribution in [0.5, 0.6) is 0 Å². The number of hydrogen-bond donors (Lipinski definition) is 1. The first kappa shape index (κ1) is 18.4. The van der Waals surface area contributed by atoms with Gasteiger partial charge in [0.2, 0.25) is 0 Å². The van der Waals surface area contributed by atoms with Crippen LogP contribution in [0.25, 0.3) is 10.9 Å². The number of carboxylic acid groups (broad SMARTS) is 1. The quantitative estimate of drug-likeness (QED) is 0.703. The van der Waals surface area contributed by atoms with Crippen molar-refractivity contribution in [3.05, 3.63) is 54.5 Å². The van der Waals surface area contributed by atoms with Gasteiger partial charge in [-0.15, -0.1) is 0 Å². The molecule has 1 aromatic carbocycles. The largest absolute Gasteiger partial charge is 0.465 e. The van der Waals surface area contributed by atoms with Crippen LogP contribution < -0.4 is 9.80 Å². The topological polar surface area (TPSA) is 85.7 Å². The van der Waals surface area contributed by atoms with Crippen LogP contribution >= 0.6 is 0 Å². The van der Waals surface area contributed by atoms with Gasteiger partial charge in [-0.1, -0.05) is 18.2 Å². The first-order valence-electron chi connectivity index (χ1n) is 10.8. The van der Waals surface area contributed by atoms with Gasteiger partial charge in [-0.3, -0.25) is 4.98 Å². The third-order valence-electron chi connectivity index (χ3n) is 6.94. The predicted molar refractivity (Wildman–Crippen MR) is 118 cm³/mol. The Morgan fingerprint density at radius 2 is 1.61 bits per heavy atom. The average molecular weight is 416 g/mol. The summed E-state index contributed by atoms with van der Waals surface area (Å²) in [6.07, 6.45) is 2.73. The van der Waals surface area contributed by atoms with Crippen molar-refractivity contribution in [1.82, 2.24) is 19.9 Å². The van der Waals surface area contributed by atoms with Crippen LogP contribution in [0.4, 0.5) is 16.4 Å². The minimum Gasteiger partial charge on any atom is -0.465 e. The number of rotatable bonds is 3. The van der Waals surface area contributed by atoms with Gasteiger partial charge in [-0.25, -0.2) is 14.8 Å². The molecular weight excluding hydrogens is 392 g/mol. The van der Waals surface area contributed by atoms with Crippen LogP contribution in [0.15, 0.2) is 48.8 Å². The molecule has 31 heavy (non-hydrogen) atoms. The lowest BCUT2D eigenvalue weighted by molar-refractivity contribution is 0.153. The average Bonchev–Trinajstić information content (AvgIpc) is 3.33. The highest BCUT2D eigenvalue weighted by atomic mass is 16.4. The Bertz CT molecular complexity index is 1130. The van der Waals surface area contributed by atoms with Gasteiger partial charge in [-0.2, -0.15) is 0 Å². The Hall–Kier alpha value is -3.42. The first-order chi connectivity index (χ1) is 15.2. The molecule has 0 aliphatic carbocycles. The molecule has 2 aromatic heterocycles. The number of benzene rings is 1. The van der Waals surface area contributed by atoms with E-state index in [2.05, 4.69) is 33.0 Å².